The van der Waals surface area contributed by atoms with Crippen molar-refractivity contribution in [3.05, 3.63) is 52.3 Å². The number of nitrogens with one attached hydrogen (secondary N) is 2. The van der Waals surface area contributed by atoms with Gasteiger partial charge in [-0.15, -0.1) is 24.0 Å². The second kappa shape index (κ2) is 13.1. The second-order valence-electron chi connectivity index (χ2n) is 6.14. The first kappa shape index (κ1) is 23.9. The molecule has 0 bridgehead atoms. The Labute approximate surface area is 186 Å². The summed E-state index contributed by atoms with van der Waals surface area (Å²) in [5.41, 5.74) is 0.743. The van der Waals surface area contributed by atoms with E-state index in [-0.39, 0.29) is 29.8 Å². The van der Waals surface area contributed by atoms with Gasteiger partial charge in [-0.1, -0.05) is 22.0 Å². The molecule has 0 fully saturated rings. The molecule has 2 rings (SSSR count). The molecule has 0 aliphatic carbocycles. The molecule has 0 aliphatic rings. The van der Waals surface area contributed by atoms with E-state index in [9.17, 15) is 4.39 Å². The molecule has 8 heteroatoms. The number of benzene rings is 1. The molecule has 0 unspecified atom stereocenters. The monoisotopic (exact) mass is 551 g/mol. The quantitative estimate of drug-likeness (QED) is 0.211. The zero-order valence-electron chi connectivity index (χ0n) is 15.8. The molecule has 1 aromatic heterocycles. The number of imidazole rings is 1. The lowest BCUT2D eigenvalue weighted by molar-refractivity contribution is 0.586. The topological polar surface area (TPSA) is 54.2 Å². The molecule has 0 radical (unpaired) electrons. The highest BCUT2D eigenvalue weighted by Gasteiger charge is 2.03. The SMILES string of the molecule is CN=C(NCCCCn1ccnc1C)NCCCc1ccc(Br)cc1F.I. The smallest absolute Gasteiger partial charge is 0.190 e. The standard InChI is InChI=1S/C19H27BrFN5.HI/c1-15-23-11-13-26(15)12-4-3-9-24-19(22-2)25-10-5-6-16-7-8-17(20)14-18(16)21;/h7-8,11,13-14H,3-6,9-10,12H2,1-2H3,(H2,22,24,25);1H. The Balaban J connectivity index is 0.00000364. The van der Waals surface area contributed by atoms with Crippen molar-refractivity contribution in [2.75, 3.05) is 20.1 Å². The Morgan fingerprint density at radius 2 is 1.96 bits per heavy atom. The molecule has 0 amide bonds. The van der Waals surface area contributed by atoms with E-state index >= 15 is 0 Å². The zero-order chi connectivity index (χ0) is 18.8. The molecular formula is C19H28BrFIN5. The second-order valence-corrected chi connectivity index (χ2v) is 7.06. The van der Waals surface area contributed by atoms with Crippen LogP contribution in [0, 0.1) is 12.7 Å². The van der Waals surface area contributed by atoms with Gasteiger partial charge in [0.15, 0.2) is 5.96 Å². The van der Waals surface area contributed by atoms with Crippen molar-refractivity contribution in [2.24, 2.45) is 4.99 Å². The van der Waals surface area contributed by atoms with Crippen molar-refractivity contribution < 1.29 is 4.39 Å². The van der Waals surface area contributed by atoms with Crippen LogP contribution in [0.15, 0.2) is 40.1 Å². The summed E-state index contributed by atoms with van der Waals surface area (Å²) in [6, 6.07) is 5.21. The lowest BCUT2D eigenvalue weighted by Gasteiger charge is -2.12. The predicted molar refractivity (Wildman–Crippen MR) is 123 cm³/mol. The number of nitrogens with zero attached hydrogens (tertiary/aromatic N) is 3. The molecule has 2 aromatic rings. The Bertz CT molecular complexity index is 720. The van der Waals surface area contributed by atoms with Crippen LogP contribution in [-0.2, 0) is 13.0 Å². The molecule has 27 heavy (non-hydrogen) atoms. The van der Waals surface area contributed by atoms with E-state index in [0.29, 0.717) is 6.42 Å². The summed E-state index contributed by atoms with van der Waals surface area (Å²) in [6.45, 7) is 4.63. The van der Waals surface area contributed by atoms with Gasteiger partial charge < -0.3 is 15.2 Å². The van der Waals surface area contributed by atoms with Crippen molar-refractivity contribution in [3.8, 4) is 0 Å². The number of aryl methyl sites for hydroxylation is 3. The Morgan fingerprint density at radius 1 is 1.22 bits per heavy atom. The van der Waals surface area contributed by atoms with Gasteiger partial charge in [0.2, 0.25) is 0 Å². The third-order valence-electron chi connectivity index (χ3n) is 4.20. The lowest BCUT2D eigenvalue weighted by atomic mass is 10.1. The van der Waals surface area contributed by atoms with E-state index in [1.165, 1.54) is 6.07 Å². The molecule has 0 atom stereocenters. The van der Waals surface area contributed by atoms with Crippen LogP contribution in [0.5, 0.6) is 0 Å². The molecule has 0 spiro atoms. The minimum Gasteiger partial charge on any atom is -0.356 e. The van der Waals surface area contributed by atoms with Gasteiger partial charge in [0.05, 0.1) is 0 Å². The van der Waals surface area contributed by atoms with E-state index in [4.69, 9.17) is 0 Å². The number of hydrogen-bond acceptors (Lipinski definition) is 2. The van der Waals surface area contributed by atoms with Crippen molar-refractivity contribution >= 4 is 45.9 Å². The molecule has 0 saturated heterocycles. The van der Waals surface area contributed by atoms with Crippen molar-refractivity contribution in [1.29, 1.82) is 0 Å². The maximum Gasteiger partial charge on any atom is 0.190 e. The fourth-order valence-corrected chi connectivity index (χ4v) is 3.02. The van der Waals surface area contributed by atoms with Crippen LogP contribution in [0.3, 0.4) is 0 Å². The van der Waals surface area contributed by atoms with E-state index < -0.39 is 0 Å². The molecular weight excluding hydrogens is 524 g/mol. The first-order chi connectivity index (χ1) is 12.6. The first-order valence-corrected chi connectivity index (χ1v) is 9.75. The number of unbranched alkanes of at least 4 members (excludes halogenated alkanes) is 1. The van der Waals surface area contributed by atoms with Gasteiger partial charge >= 0.3 is 0 Å². The maximum atomic E-state index is 13.8. The average molecular weight is 552 g/mol. The highest BCUT2D eigenvalue weighted by molar-refractivity contribution is 14.0. The summed E-state index contributed by atoms with van der Waals surface area (Å²) in [7, 11) is 1.76. The van der Waals surface area contributed by atoms with Crippen LogP contribution < -0.4 is 10.6 Å². The molecule has 5 nitrogen and oxygen atoms in total. The van der Waals surface area contributed by atoms with Crippen LogP contribution >= 0.6 is 39.9 Å². The third-order valence-corrected chi connectivity index (χ3v) is 4.69. The number of aromatic nitrogens is 2. The fourth-order valence-electron chi connectivity index (χ4n) is 2.68. The van der Waals surface area contributed by atoms with Crippen molar-refractivity contribution in [1.82, 2.24) is 20.2 Å². The summed E-state index contributed by atoms with van der Waals surface area (Å²) in [6.07, 6.45) is 7.54. The summed E-state index contributed by atoms with van der Waals surface area (Å²) in [4.78, 5) is 8.45. The normalized spacial score (nSPS) is 11.2. The number of aliphatic imine (C=N–C) groups is 1. The molecule has 1 aromatic carbocycles. The van der Waals surface area contributed by atoms with Crippen LogP contribution in [0.25, 0.3) is 0 Å². The minimum absolute atomic E-state index is 0. The molecule has 0 saturated carbocycles. The number of guanidine groups is 1. The molecule has 150 valence electrons. The van der Waals surface area contributed by atoms with E-state index in [1.807, 2.05) is 31.5 Å². The van der Waals surface area contributed by atoms with Crippen molar-refractivity contribution in [2.45, 2.75) is 39.2 Å². The van der Waals surface area contributed by atoms with Crippen molar-refractivity contribution in [3.63, 3.8) is 0 Å². The number of hydrogen-bond donors (Lipinski definition) is 2. The Hall–Kier alpha value is -1.16. The van der Waals surface area contributed by atoms with Gasteiger partial charge in [-0.2, -0.15) is 0 Å². The van der Waals surface area contributed by atoms with Gasteiger partial charge in [-0.05, 0) is 50.3 Å². The summed E-state index contributed by atoms with van der Waals surface area (Å²) in [5.74, 6) is 1.69. The lowest BCUT2D eigenvalue weighted by Crippen LogP contribution is -2.38. The molecule has 0 aliphatic heterocycles. The van der Waals surface area contributed by atoms with Crippen LogP contribution in [0.2, 0.25) is 0 Å². The van der Waals surface area contributed by atoms with Gasteiger partial charge in [0.25, 0.3) is 0 Å². The van der Waals surface area contributed by atoms with E-state index in [0.717, 1.165) is 60.7 Å². The number of rotatable bonds is 9. The Morgan fingerprint density at radius 3 is 2.59 bits per heavy atom. The zero-order valence-corrected chi connectivity index (χ0v) is 19.8. The van der Waals surface area contributed by atoms with E-state index in [1.54, 1.807) is 7.05 Å². The summed E-state index contributed by atoms with van der Waals surface area (Å²) in [5, 5.41) is 6.59. The van der Waals surface area contributed by atoms with Gasteiger partial charge in [0.1, 0.15) is 11.6 Å². The van der Waals surface area contributed by atoms with Gasteiger partial charge in [-0.25, -0.2) is 9.37 Å². The fraction of sp³-hybridized carbons (Fsp3) is 0.474. The summed E-state index contributed by atoms with van der Waals surface area (Å²) < 4.78 is 16.7. The number of halogens is 3. The van der Waals surface area contributed by atoms with Crippen LogP contribution in [-0.4, -0.2) is 35.6 Å². The highest BCUT2D eigenvalue weighted by atomic mass is 127. The minimum atomic E-state index is -0.157. The molecule has 1 heterocycles. The maximum absolute atomic E-state index is 13.8. The van der Waals surface area contributed by atoms with Gasteiger partial charge in [-0.3, -0.25) is 4.99 Å². The van der Waals surface area contributed by atoms with Crippen LogP contribution in [0.1, 0.15) is 30.7 Å². The van der Waals surface area contributed by atoms with Crippen LogP contribution in [0.4, 0.5) is 4.39 Å². The largest absolute Gasteiger partial charge is 0.356 e. The third kappa shape index (κ3) is 8.59. The summed E-state index contributed by atoms with van der Waals surface area (Å²) >= 11 is 3.28. The average Bonchev–Trinajstić information content (AvgIpc) is 3.03. The highest BCUT2D eigenvalue weighted by Crippen LogP contribution is 2.16. The van der Waals surface area contributed by atoms with Gasteiger partial charge in [0, 0.05) is 43.5 Å². The van der Waals surface area contributed by atoms with E-state index in [2.05, 4.69) is 41.1 Å². The molecule has 2 N–H and O–H groups in total. The first-order valence-electron chi connectivity index (χ1n) is 8.96. The predicted octanol–water partition coefficient (Wildman–Crippen LogP) is 4.29. The Kier molecular flexibility index (Phi) is 11.6.